The summed E-state index contributed by atoms with van der Waals surface area (Å²) in [4.78, 5) is 19.6. The fourth-order valence-corrected chi connectivity index (χ4v) is 3.87. The van der Waals surface area contributed by atoms with Crippen molar-refractivity contribution in [2.75, 3.05) is 37.0 Å². The highest BCUT2D eigenvalue weighted by Gasteiger charge is 2.21. The molecule has 1 fully saturated rings. The maximum Gasteiger partial charge on any atom is 0.254 e. The summed E-state index contributed by atoms with van der Waals surface area (Å²) < 4.78 is 32.5. The number of anilines is 1. The van der Waals surface area contributed by atoms with Crippen LogP contribution >= 0.6 is 11.8 Å². The highest BCUT2D eigenvalue weighted by molar-refractivity contribution is 7.99. The average molecular weight is 407 g/mol. The Morgan fingerprint density at radius 3 is 2.75 bits per heavy atom. The molecule has 0 radical (unpaired) electrons. The van der Waals surface area contributed by atoms with Gasteiger partial charge in [-0.05, 0) is 42.5 Å². The van der Waals surface area contributed by atoms with Crippen LogP contribution < -0.4 is 10.2 Å². The van der Waals surface area contributed by atoms with Crippen molar-refractivity contribution in [3.63, 3.8) is 0 Å². The molecule has 1 N–H and O–H groups in total. The number of pyridine rings is 1. The second-order valence-corrected chi connectivity index (χ2v) is 7.68. The summed E-state index contributed by atoms with van der Waals surface area (Å²) in [7, 11) is 0. The Morgan fingerprint density at radius 1 is 1.29 bits per heavy atom. The zero-order valence-corrected chi connectivity index (χ0v) is 16.7. The van der Waals surface area contributed by atoms with E-state index in [4.69, 9.17) is 9.72 Å². The molecule has 150 valence electrons. The van der Waals surface area contributed by atoms with Crippen LogP contribution in [0.5, 0.6) is 0 Å². The van der Waals surface area contributed by atoms with Gasteiger partial charge in [-0.2, -0.15) is 0 Å². The molecule has 5 nitrogen and oxygen atoms in total. The van der Waals surface area contributed by atoms with E-state index >= 15 is 0 Å². The summed E-state index contributed by atoms with van der Waals surface area (Å²) in [6, 6.07) is 5.08. The van der Waals surface area contributed by atoms with Gasteiger partial charge in [0, 0.05) is 25.2 Å². The molecule has 0 spiro atoms. The van der Waals surface area contributed by atoms with Gasteiger partial charge in [0.25, 0.3) is 5.91 Å². The van der Waals surface area contributed by atoms with Crippen LogP contribution in [0.4, 0.5) is 14.6 Å². The summed E-state index contributed by atoms with van der Waals surface area (Å²) >= 11 is 1.49. The second kappa shape index (κ2) is 9.34. The smallest absolute Gasteiger partial charge is 0.254 e. The van der Waals surface area contributed by atoms with E-state index in [1.165, 1.54) is 11.8 Å². The Bertz CT molecular complexity index is 858. The summed E-state index contributed by atoms with van der Waals surface area (Å²) in [6.07, 6.45) is 0. The standard InChI is InChI=1S/C20H23F2N3O2S/c1-3-28-20-18(13(2)10-17(24-20)25-6-8-27-9-7-25)19(26)23-12-14-11-15(21)4-5-16(14)22/h4-5,10-11H,3,6-9,12H2,1-2H3,(H,23,26). The molecule has 0 saturated carbocycles. The number of carbonyl (C=O) groups excluding carboxylic acids is 1. The van der Waals surface area contributed by atoms with E-state index in [1.54, 1.807) is 0 Å². The van der Waals surface area contributed by atoms with Gasteiger partial charge in [0.2, 0.25) is 0 Å². The Balaban J connectivity index is 1.82. The lowest BCUT2D eigenvalue weighted by molar-refractivity contribution is 0.0946. The molecule has 1 aromatic heterocycles. The molecule has 1 aliphatic heterocycles. The molecule has 1 saturated heterocycles. The van der Waals surface area contributed by atoms with E-state index in [2.05, 4.69) is 10.2 Å². The monoisotopic (exact) mass is 407 g/mol. The number of amides is 1. The third kappa shape index (κ3) is 4.80. The summed E-state index contributed by atoms with van der Waals surface area (Å²) in [5, 5.41) is 3.33. The summed E-state index contributed by atoms with van der Waals surface area (Å²) in [6.45, 7) is 6.58. The maximum absolute atomic E-state index is 13.8. The van der Waals surface area contributed by atoms with Crippen LogP contribution in [0, 0.1) is 18.6 Å². The number of hydrogen-bond acceptors (Lipinski definition) is 5. The first-order valence-electron chi connectivity index (χ1n) is 9.19. The number of aromatic nitrogens is 1. The minimum Gasteiger partial charge on any atom is -0.378 e. The van der Waals surface area contributed by atoms with E-state index in [1.807, 2.05) is 19.9 Å². The first-order chi connectivity index (χ1) is 13.5. The van der Waals surface area contributed by atoms with Gasteiger partial charge in [-0.3, -0.25) is 4.79 Å². The molecule has 0 aliphatic carbocycles. The zero-order valence-electron chi connectivity index (χ0n) is 15.9. The molecule has 0 bridgehead atoms. The van der Waals surface area contributed by atoms with Gasteiger partial charge < -0.3 is 15.0 Å². The third-order valence-electron chi connectivity index (χ3n) is 4.46. The van der Waals surface area contributed by atoms with Gasteiger partial charge in [-0.25, -0.2) is 13.8 Å². The fourth-order valence-electron chi connectivity index (χ4n) is 3.04. The first-order valence-corrected chi connectivity index (χ1v) is 10.2. The lowest BCUT2D eigenvalue weighted by Crippen LogP contribution is -2.37. The predicted molar refractivity (Wildman–Crippen MR) is 106 cm³/mol. The lowest BCUT2D eigenvalue weighted by atomic mass is 10.1. The molecule has 1 amide bonds. The molecule has 28 heavy (non-hydrogen) atoms. The number of hydrogen-bond donors (Lipinski definition) is 1. The van der Waals surface area contributed by atoms with Crippen molar-refractivity contribution in [3.05, 3.63) is 52.6 Å². The van der Waals surface area contributed by atoms with Crippen LogP contribution in [0.25, 0.3) is 0 Å². The summed E-state index contributed by atoms with van der Waals surface area (Å²) in [5.74, 6) is 0.142. The van der Waals surface area contributed by atoms with Crippen LogP contribution in [0.15, 0.2) is 29.3 Å². The van der Waals surface area contributed by atoms with Gasteiger partial charge in [-0.1, -0.05) is 6.92 Å². The predicted octanol–water partition coefficient (Wildman–Crippen LogP) is 3.55. The molecule has 0 atom stereocenters. The summed E-state index contributed by atoms with van der Waals surface area (Å²) in [5.41, 5.74) is 1.37. The quantitative estimate of drug-likeness (QED) is 0.743. The Hall–Kier alpha value is -2.19. The highest BCUT2D eigenvalue weighted by atomic mass is 32.2. The number of nitrogens with one attached hydrogen (secondary N) is 1. The molecular formula is C20H23F2N3O2S. The van der Waals surface area contributed by atoms with Gasteiger partial charge in [-0.15, -0.1) is 11.8 Å². The molecular weight excluding hydrogens is 384 g/mol. The lowest BCUT2D eigenvalue weighted by Gasteiger charge is -2.28. The molecule has 3 rings (SSSR count). The number of thioether (sulfide) groups is 1. The second-order valence-electron chi connectivity index (χ2n) is 6.43. The molecule has 0 unspecified atom stereocenters. The minimum absolute atomic E-state index is 0.0939. The third-order valence-corrected chi connectivity index (χ3v) is 5.32. The number of benzene rings is 1. The van der Waals surface area contributed by atoms with Crippen LogP contribution in [0.2, 0.25) is 0 Å². The van der Waals surface area contributed by atoms with Crippen LogP contribution in [0.3, 0.4) is 0 Å². The number of morpholine rings is 1. The van der Waals surface area contributed by atoms with E-state index in [9.17, 15) is 13.6 Å². The molecule has 1 aromatic carbocycles. The van der Waals surface area contributed by atoms with E-state index in [0.717, 1.165) is 48.4 Å². The molecule has 2 heterocycles. The van der Waals surface area contributed by atoms with Gasteiger partial charge in [0.15, 0.2) is 0 Å². The Kier molecular flexibility index (Phi) is 6.85. The molecule has 2 aromatic rings. The first kappa shape index (κ1) is 20.5. The number of ether oxygens (including phenoxy) is 1. The van der Waals surface area contributed by atoms with Crippen LogP contribution in [-0.4, -0.2) is 42.9 Å². The van der Waals surface area contributed by atoms with Gasteiger partial charge >= 0.3 is 0 Å². The normalized spacial score (nSPS) is 14.2. The molecule has 8 heteroatoms. The van der Waals surface area contributed by atoms with Crippen LogP contribution in [-0.2, 0) is 11.3 Å². The van der Waals surface area contributed by atoms with Crippen molar-refractivity contribution in [1.82, 2.24) is 10.3 Å². The van der Waals surface area contributed by atoms with E-state index < -0.39 is 11.6 Å². The van der Waals surface area contributed by atoms with Gasteiger partial charge in [0.1, 0.15) is 22.5 Å². The number of carbonyl (C=O) groups is 1. The van der Waals surface area contributed by atoms with Crippen molar-refractivity contribution in [1.29, 1.82) is 0 Å². The highest BCUT2D eigenvalue weighted by Crippen LogP contribution is 2.28. The largest absolute Gasteiger partial charge is 0.378 e. The van der Waals surface area contributed by atoms with Crippen molar-refractivity contribution in [2.24, 2.45) is 0 Å². The van der Waals surface area contributed by atoms with Crippen molar-refractivity contribution in [2.45, 2.75) is 25.4 Å². The van der Waals surface area contributed by atoms with Crippen molar-refractivity contribution < 1.29 is 18.3 Å². The number of aryl methyl sites for hydroxylation is 1. The Labute approximate surface area is 167 Å². The fraction of sp³-hybridized carbons (Fsp3) is 0.400. The minimum atomic E-state index is -0.553. The Morgan fingerprint density at radius 2 is 2.04 bits per heavy atom. The van der Waals surface area contributed by atoms with Crippen LogP contribution in [0.1, 0.15) is 28.4 Å². The van der Waals surface area contributed by atoms with Gasteiger partial charge in [0.05, 0.1) is 18.8 Å². The number of halogens is 2. The van der Waals surface area contributed by atoms with E-state index in [0.29, 0.717) is 23.8 Å². The number of rotatable bonds is 6. The van der Waals surface area contributed by atoms with Crippen molar-refractivity contribution >= 4 is 23.5 Å². The molecule has 1 aliphatic rings. The topological polar surface area (TPSA) is 54.5 Å². The van der Waals surface area contributed by atoms with Crippen molar-refractivity contribution in [3.8, 4) is 0 Å². The maximum atomic E-state index is 13.8. The average Bonchev–Trinajstić information content (AvgIpc) is 2.69. The zero-order chi connectivity index (χ0) is 20.1. The van der Waals surface area contributed by atoms with E-state index in [-0.39, 0.29) is 18.0 Å². The SMILES string of the molecule is CCSc1nc(N2CCOCC2)cc(C)c1C(=O)NCc1cc(F)ccc1F. The number of nitrogens with zero attached hydrogens (tertiary/aromatic N) is 2.